The van der Waals surface area contributed by atoms with E-state index >= 15 is 0 Å². The fourth-order valence-electron chi connectivity index (χ4n) is 2.29. The van der Waals surface area contributed by atoms with Gasteiger partial charge in [0.2, 0.25) is 0 Å². The Hall–Kier alpha value is -0.940. The third-order valence-electron chi connectivity index (χ3n) is 3.34. The summed E-state index contributed by atoms with van der Waals surface area (Å²) < 4.78 is 5.40. The Bertz CT molecular complexity index is 397. The highest BCUT2D eigenvalue weighted by Crippen LogP contribution is 2.29. The lowest BCUT2D eigenvalue weighted by Gasteiger charge is -2.28. The van der Waals surface area contributed by atoms with E-state index in [1.165, 1.54) is 11.8 Å². The van der Waals surface area contributed by atoms with E-state index in [9.17, 15) is 4.79 Å². The molecule has 5 heteroatoms. The number of amides is 1. The van der Waals surface area contributed by atoms with Gasteiger partial charge < -0.3 is 15.5 Å². The molecule has 3 N–H and O–H groups in total. The summed E-state index contributed by atoms with van der Waals surface area (Å²) in [5.41, 5.74) is 5.56. The van der Waals surface area contributed by atoms with Gasteiger partial charge in [-0.15, -0.1) is 0 Å². The zero-order chi connectivity index (χ0) is 12.3. The maximum absolute atomic E-state index is 12.0. The maximum atomic E-state index is 12.0. The molecule has 94 valence electrons. The molecule has 1 aliphatic rings. The van der Waals surface area contributed by atoms with Crippen LogP contribution in [0.4, 0.5) is 0 Å². The van der Waals surface area contributed by atoms with Crippen molar-refractivity contribution >= 4 is 17.7 Å². The van der Waals surface area contributed by atoms with Gasteiger partial charge in [0.15, 0.2) is 10.9 Å². The van der Waals surface area contributed by atoms with Gasteiger partial charge in [-0.25, -0.2) is 0 Å². The molecule has 17 heavy (non-hydrogen) atoms. The summed E-state index contributed by atoms with van der Waals surface area (Å²) in [6.45, 7) is 0.495. The van der Waals surface area contributed by atoms with E-state index in [-0.39, 0.29) is 11.4 Å². The fourth-order valence-corrected chi connectivity index (χ4v) is 2.66. The summed E-state index contributed by atoms with van der Waals surface area (Å²) >= 11 is 1.48. The van der Waals surface area contributed by atoms with E-state index in [4.69, 9.17) is 10.2 Å². The molecule has 1 aromatic heterocycles. The van der Waals surface area contributed by atoms with Crippen LogP contribution >= 0.6 is 11.8 Å². The molecule has 0 aromatic carbocycles. The largest absolute Gasteiger partial charge is 0.445 e. The number of nitrogens with one attached hydrogen (secondary N) is 1. The first-order valence-electron chi connectivity index (χ1n) is 5.85. The van der Waals surface area contributed by atoms with E-state index in [2.05, 4.69) is 5.32 Å². The number of rotatable bonds is 4. The molecule has 0 aliphatic heterocycles. The summed E-state index contributed by atoms with van der Waals surface area (Å²) in [4.78, 5) is 12.0. The zero-order valence-electron chi connectivity index (χ0n) is 9.99. The molecule has 0 bridgehead atoms. The molecule has 0 saturated heterocycles. The summed E-state index contributed by atoms with van der Waals surface area (Å²) in [7, 11) is 0. The molecule has 0 radical (unpaired) electrons. The van der Waals surface area contributed by atoms with Gasteiger partial charge in [-0.05, 0) is 31.2 Å². The van der Waals surface area contributed by atoms with Crippen LogP contribution in [0.3, 0.4) is 0 Å². The highest BCUT2D eigenvalue weighted by molar-refractivity contribution is 7.98. The van der Waals surface area contributed by atoms with E-state index in [1.54, 1.807) is 6.07 Å². The van der Waals surface area contributed by atoms with E-state index in [0.29, 0.717) is 12.3 Å². The molecule has 1 amide bonds. The first-order chi connectivity index (χ1) is 8.19. The van der Waals surface area contributed by atoms with Crippen LogP contribution in [0.1, 0.15) is 36.2 Å². The van der Waals surface area contributed by atoms with Gasteiger partial charge in [0.05, 0.1) is 5.54 Å². The lowest BCUT2D eigenvalue weighted by Crippen LogP contribution is -2.51. The molecule has 4 nitrogen and oxygen atoms in total. The van der Waals surface area contributed by atoms with Crippen LogP contribution < -0.4 is 11.1 Å². The van der Waals surface area contributed by atoms with Crippen LogP contribution in [-0.2, 0) is 0 Å². The van der Waals surface area contributed by atoms with Gasteiger partial charge in [-0.2, -0.15) is 0 Å². The Morgan fingerprint density at radius 2 is 2.24 bits per heavy atom. The fraction of sp³-hybridized carbons (Fsp3) is 0.583. The first kappa shape index (κ1) is 12.5. The molecular formula is C12H18N2O2S. The van der Waals surface area contributed by atoms with Crippen LogP contribution in [0.2, 0.25) is 0 Å². The first-order valence-corrected chi connectivity index (χ1v) is 7.08. The van der Waals surface area contributed by atoms with Crippen molar-refractivity contribution in [3.8, 4) is 0 Å². The molecule has 1 saturated carbocycles. The monoisotopic (exact) mass is 254 g/mol. The van der Waals surface area contributed by atoms with Crippen LogP contribution in [0.5, 0.6) is 0 Å². The molecule has 2 rings (SSSR count). The minimum Gasteiger partial charge on any atom is -0.445 e. The molecule has 0 unspecified atom stereocenters. The number of hydrogen-bond donors (Lipinski definition) is 2. The lowest BCUT2D eigenvalue weighted by molar-refractivity contribution is 0.0869. The summed E-state index contributed by atoms with van der Waals surface area (Å²) in [5.74, 6) is 0.215. The van der Waals surface area contributed by atoms with Crippen molar-refractivity contribution in [2.24, 2.45) is 5.73 Å². The Kier molecular flexibility index (Phi) is 3.79. The minimum atomic E-state index is -0.219. The quantitative estimate of drug-likeness (QED) is 0.806. The second-order valence-electron chi connectivity index (χ2n) is 4.47. The standard InChI is InChI=1S/C12H18N2O2S/c1-17-10-5-4-9(16-10)11(15)14-12(8-13)6-2-3-7-12/h4-5H,2-3,6-8,13H2,1H3,(H,14,15). The van der Waals surface area contributed by atoms with Crippen molar-refractivity contribution in [3.05, 3.63) is 17.9 Å². The maximum Gasteiger partial charge on any atom is 0.287 e. The smallest absolute Gasteiger partial charge is 0.287 e. The van der Waals surface area contributed by atoms with Crippen molar-refractivity contribution in [2.45, 2.75) is 36.3 Å². The van der Waals surface area contributed by atoms with Gasteiger partial charge in [0.1, 0.15) is 0 Å². The molecule has 1 heterocycles. The molecule has 1 aliphatic carbocycles. The van der Waals surface area contributed by atoms with Gasteiger partial charge in [0.25, 0.3) is 5.91 Å². The minimum absolute atomic E-state index is 0.155. The van der Waals surface area contributed by atoms with Gasteiger partial charge in [-0.3, -0.25) is 4.79 Å². The van der Waals surface area contributed by atoms with Gasteiger partial charge >= 0.3 is 0 Å². The third-order valence-corrected chi connectivity index (χ3v) is 3.96. The third kappa shape index (κ3) is 2.66. The molecular weight excluding hydrogens is 236 g/mol. The van der Waals surface area contributed by atoms with E-state index < -0.39 is 0 Å². The van der Waals surface area contributed by atoms with Crippen molar-refractivity contribution in [1.29, 1.82) is 0 Å². The average Bonchev–Trinajstić information content (AvgIpc) is 2.97. The van der Waals surface area contributed by atoms with Crippen molar-refractivity contribution in [1.82, 2.24) is 5.32 Å². The SMILES string of the molecule is CSc1ccc(C(=O)NC2(CN)CCCC2)o1. The number of furan rings is 1. The highest BCUT2D eigenvalue weighted by atomic mass is 32.2. The Morgan fingerprint density at radius 1 is 1.53 bits per heavy atom. The molecule has 0 spiro atoms. The number of thioether (sulfide) groups is 1. The number of carbonyl (C=O) groups is 1. The summed E-state index contributed by atoms with van der Waals surface area (Å²) in [5, 5.41) is 3.78. The lowest BCUT2D eigenvalue weighted by atomic mass is 9.98. The second-order valence-corrected chi connectivity index (χ2v) is 5.28. The van der Waals surface area contributed by atoms with E-state index in [1.807, 2.05) is 12.3 Å². The normalized spacial score (nSPS) is 18.2. The van der Waals surface area contributed by atoms with Gasteiger partial charge in [0, 0.05) is 6.54 Å². The predicted molar refractivity (Wildman–Crippen MR) is 68.2 cm³/mol. The van der Waals surface area contributed by atoms with Crippen LogP contribution in [0.15, 0.2) is 21.6 Å². The zero-order valence-corrected chi connectivity index (χ0v) is 10.8. The number of hydrogen-bond acceptors (Lipinski definition) is 4. The molecule has 1 aromatic rings. The Labute approximate surface area is 105 Å². The summed E-state index contributed by atoms with van der Waals surface area (Å²) in [6, 6.07) is 3.52. The highest BCUT2D eigenvalue weighted by Gasteiger charge is 2.34. The Morgan fingerprint density at radius 3 is 2.76 bits per heavy atom. The molecule has 0 atom stereocenters. The van der Waals surface area contributed by atoms with Gasteiger partial charge in [-0.1, -0.05) is 24.6 Å². The van der Waals surface area contributed by atoms with Crippen LogP contribution in [0.25, 0.3) is 0 Å². The number of nitrogens with two attached hydrogens (primary N) is 1. The number of carbonyl (C=O) groups excluding carboxylic acids is 1. The average molecular weight is 254 g/mol. The predicted octanol–water partition coefficient (Wildman–Crippen LogP) is 2.00. The van der Waals surface area contributed by atoms with Crippen molar-refractivity contribution < 1.29 is 9.21 Å². The Balaban J connectivity index is 2.05. The van der Waals surface area contributed by atoms with Crippen molar-refractivity contribution in [3.63, 3.8) is 0 Å². The second kappa shape index (κ2) is 5.14. The topological polar surface area (TPSA) is 68.3 Å². The van der Waals surface area contributed by atoms with Crippen LogP contribution in [0, 0.1) is 0 Å². The van der Waals surface area contributed by atoms with Crippen LogP contribution in [-0.4, -0.2) is 24.2 Å². The summed E-state index contributed by atoms with van der Waals surface area (Å²) in [6.07, 6.45) is 6.10. The van der Waals surface area contributed by atoms with Crippen molar-refractivity contribution in [2.75, 3.05) is 12.8 Å². The van der Waals surface area contributed by atoms with E-state index in [0.717, 1.165) is 30.8 Å². The molecule has 1 fully saturated rings.